The van der Waals surface area contributed by atoms with Crippen molar-refractivity contribution in [1.29, 1.82) is 0 Å². The van der Waals surface area contributed by atoms with Crippen molar-refractivity contribution < 1.29 is 28.6 Å². The molecule has 0 aromatic heterocycles. The maximum absolute atomic E-state index is 12.7. The first-order chi connectivity index (χ1) is 27.5. The summed E-state index contributed by atoms with van der Waals surface area (Å²) in [6.07, 6.45) is 50.3. The number of carbonyl (C=O) groups excluding carboxylic acids is 3. The number of unbranched alkanes of at least 4 members (excludes halogenated alkanes) is 29. The lowest BCUT2D eigenvalue weighted by molar-refractivity contribution is -0.167. The van der Waals surface area contributed by atoms with Crippen molar-refractivity contribution in [3.05, 3.63) is 24.3 Å². The topological polar surface area (TPSA) is 78.9 Å². The molecule has 0 aliphatic heterocycles. The Morgan fingerprint density at radius 2 is 0.607 bits per heavy atom. The number of allylic oxidation sites excluding steroid dienone is 4. The van der Waals surface area contributed by atoms with E-state index in [1.807, 2.05) is 0 Å². The SMILES string of the molecule is CCCCC/C=C\CCCCCCCC(=O)OC(COC(=O)CCC/C=C\CCCCCC)COC(=O)CCCCCCCCCCCCCCCCCCC. The highest BCUT2D eigenvalue weighted by atomic mass is 16.6. The van der Waals surface area contributed by atoms with Crippen molar-refractivity contribution in [3.8, 4) is 0 Å². The first-order valence-electron chi connectivity index (χ1n) is 24.3. The van der Waals surface area contributed by atoms with Gasteiger partial charge in [-0.25, -0.2) is 0 Å². The van der Waals surface area contributed by atoms with Crippen molar-refractivity contribution in [3.63, 3.8) is 0 Å². The molecule has 328 valence electrons. The maximum atomic E-state index is 12.7. The van der Waals surface area contributed by atoms with Crippen LogP contribution in [0.5, 0.6) is 0 Å². The van der Waals surface area contributed by atoms with Crippen molar-refractivity contribution in [2.75, 3.05) is 13.2 Å². The van der Waals surface area contributed by atoms with Crippen LogP contribution in [0.25, 0.3) is 0 Å². The molecule has 0 aliphatic rings. The van der Waals surface area contributed by atoms with E-state index in [2.05, 4.69) is 45.1 Å². The molecule has 0 amide bonds. The van der Waals surface area contributed by atoms with E-state index in [9.17, 15) is 14.4 Å². The van der Waals surface area contributed by atoms with E-state index in [1.54, 1.807) is 0 Å². The van der Waals surface area contributed by atoms with Gasteiger partial charge in [-0.15, -0.1) is 0 Å². The van der Waals surface area contributed by atoms with E-state index in [4.69, 9.17) is 14.2 Å². The molecule has 6 heteroatoms. The fourth-order valence-electron chi connectivity index (χ4n) is 6.97. The zero-order valence-electron chi connectivity index (χ0n) is 37.4. The molecule has 0 bridgehead atoms. The number of esters is 3. The second kappa shape index (κ2) is 45.6. The Bertz CT molecular complexity index is 911. The molecular formula is C50H92O6. The van der Waals surface area contributed by atoms with Crippen LogP contribution in [0.4, 0.5) is 0 Å². The van der Waals surface area contributed by atoms with E-state index < -0.39 is 6.10 Å². The summed E-state index contributed by atoms with van der Waals surface area (Å²) in [7, 11) is 0. The lowest BCUT2D eigenvalue weighted by Crippen LogP contribution is -2.30. The quantitative estimate of drug-likeness (QED) is 0.0265. The minimum atomic E-state index is -0.780. The van der Waals surface area contributed by atoms with Crippen LogP contribution in [0.1, 0.15) is 258 Å². The number of rotatable bonds is 44. The fraction of sp³-hybridized carbons (Fsp3) is 0.860. The molecule has 0 aromatic carbocycles. The predicted molar refractivity (Wildman–Crippen MR) is 238 cm³/mol. The average molecular weight is 789 g/mol. The van der Waals surface area contributed by atoms with Crippen LogP contribution in [-0.4, -0.2) is 37.2 Å². The lowest BCUT2D eigenvalue weighted by atomic mass is 10.0. The lowest BCUT2D eigenvalue weighted by Gasteiger charge is -2.18. The second-order valence-electron chi connectivity index (χ2n) is 16.4. The van der Waals surface area contributed by atoms with E-state index in [1.165, 1.54) is 148 Å². The largest absolute Gasteiger partial charge is 0.462 e. The third-order valence-corrected chi connectivity index (χ3v) is 10.7. The van der Waals surface area contributed by atoms with Crippen LogP contribution in [-0.2, 0) is 28.6 Å². The molecule has 1 unspecified atom stereocenters. The van der Waals surface area contributed by atoms with Gasteiger partial charge in [0.25, 0.3) is 0 Å². The van der Waals surface area contributed by atoms with Gasteiger partial charge in [0, 0.05) is 19.3 Å². The molecule has 0 saturated carbocycles. The summed E-state index contributed by atoms with van der Waals surface area (Å²) in [5.74, 6) is -0.919. The Labute approximate surface area is 347 Å². The van der Waals surface area contributed by atoms with Crippen molar-refractivity contribution >= 4 is 17.9 Å². The zero-order valence-corrected chi connectivity index (χ0v) is 37.4. The summed E-state index contributed by atoms with van der Waals surface area (Å²) >= 11 is 0. The molecule has 6 nitrogen and oxygen atoms in total. The van der Waals surface area contributed by atoms with Gasteiger partial charge in [-0.2, -0.15) is 0 Å². The molecule has 0 aliphatic carbocycles. The van der Waals surface area contributed by atoms with Crippen molar-refractivity contribution in [2.24, 2.45) is 0 Å². The van der Waals surface area contributed by atoms with Gasteiger partial charge in [0.2, 0.25) is 0 Å². The minimum absolute atomic E-state index is 0.0798. The van der Waals surface area contributed by atoms with E-state index >= 15 is 0 Å². The number of hydrogen-bond acceptors (Lipinski definition) is 6. The summed E-state index contributed by atoms with van der Waals surface area (Å²) in [6, 6.07) is 0. The van der Waals surface area contributed by atoms with Crippen molar-refractivity contribution in [1.82, 2.24) is 0 Å². The summed E-state index contributed by atoms with van der Waals surface area (Å²) in [4.78, 5) is 37.7. The van der Waals surface area contributed by atoms with Gasteiger partial charge in [0.05, 0.1) is 0 Å². The van der Waals surface area contributed by atoms with Crippen LogP contribution in [0, 0.1) is 0 Å². The second-order valence-corrected chi connectivity index (χ2v) is 16.4. The molecule has 0 rings (SSSR count). The van der Waals surface area contributed by atoms with Gasteiger partial charge in [-0.3, -0.25) is 14.4 Å². The molecule has 0 N–H and O–H groups in total. The summed E-state index contributed by atoms with van der Waals surface area (Å²) < 4.78 is 16.7. The van der Waals surface area contributed by atoms with E-state index in [0.717, 1.165) is 70.6 Å². The van der Waals surface area contributed by atoms with Gasteiger partial charge < -0.3 is 14.2 Å². The summed E-state index contributed by atoms with van der Waals surface area (Å²) in [5.41, 5.74) is 0. The normalized spacial score (nSPS) is 12.1. The summed E-state index contributed by atoms with van der Waals surface area (Å²) in [6.45, 7) is 6.56. The van der Waals surface area contributed by atoms with Gasteiger partial charge in [0.15, 0.2) is 6.10 Å². The Morgan fingerprint density at radius 3 is 1.02 bits per heavy atom. The molecule has 0 radical (unpaired) electrons. The molecule has 0 fully saturated rings. The van der Waals surface area contributed by atoms with Crippen LogP contribution < -0.4 is 0 Å². The predicted octanol–water partition coefficient (Wildman–Crippen LogP) is 15.6. The van der Waals surface area contributed by atoms with Gasteiger partial charge in [-0.1, -0.05) is 199 Å². The zero-order chi connectivity index (χ0) is 40.8. The highest BCUT2D eigenvalue weighted by Crippen LogP contribution is 2.15. The highest BCUT2D eigenvalue weighted by molar-refractivity contribution is 5.71. The summed E-state index contributed by atoms with van der Waals surface area (Å²) in [5, 5.41) is 0. The average Bonchev–Trinajstić information content (AvgIpc) is 3.19. The standard InChI is InChI=1S/C50H92O6/c1-4-7-10-13-16-19-21-23-24-25-26-27-29-31-34-37-40-43-49(52)55-46-47(45-54-48(51)42-39-36-33-30-18-15-12-9-6-3)56-50(53)44-41-38-35-32-28-22-20-17-14-11-8-5-2/h17,20,30,33,47H,4-16,18-19,21-29,31-32,34-46H2,1-3H3/b20-17-,33-30-. The van der Waals surface area contributed by atoms with E-state index in [0.29, 0.717) is 19.3 Å². The Morgan fingerprint density at radius 1 is 0.339 bits per heavy atom. The molecular weight excluding hydrogens is 697 g/mol. The van der Waals surface area contributed by atoms with Crippen LogP contribution in [0.2, 0.25) is 0 Å². The van der Waals surface area contributed by atoms with Gasteiger partial charge in [0.1, 0.15) is 13.2 Å². The molecule has 0 heterocycles. The monoisotopic (exact) mass is 789 g/mol. The first kappa shape index (κ1) is 53.9. The highest BCUT2D eigenvalue weighted by Gasteiger charge is 2.19. The third kappa shape index (κ3) is 43.0. The minimum Gasteiger partial charge on any atom is -0.462 e. The molecule has 0 aromatic rings. The Balaban J connectivity index is 4.30. The third-order valence-electron chi connectivity index (χ3n) is 10.7. The number of hydrogen-bond donors (Lipinski definition) is 0. The smallest absolute Gasteiger partial charge is 0.306 e. The van der Waals surface area contributed by atoms with Crippen LogP contribution in [0.15, 0.2) is 24.3 Å². The molecule has 1 atom stereocenters. The molecule has 56 heavy (non-hydrogen) atoms. The maximum Gasteiger partial charge on any atom is 0.306 e. The van der Waals surface area contributed by atoms with E-state index in [-0.39, 0.29) is 31.1 Å². The van der Waals surface area contributed by atoms with Gasteiger partial charge in [-0.05, 0) is 64.2 Å². The Hall–Kier alpha value is -2.11. The number of ether oxygens (including phenoxy) is 3. The fourth-order valence-corrected chi connectivity index (χ4v) is 6.97. The first-order valence-corrected chi connectivity index (χ1v) is 24.3. The Kier molecular flexibility index (Phi) is 43.9. The molecule has 0 spiro atoms. The van der Waals surface area contributed by atoms with Crippen LogP contribution >= 0.6 is 0 Å². The number of carbonyl (C=O) groups is 3. The van der Waals surface area contributed by atoms with Gasteiger partial charge >= 0.3 is 17.9 Å². The van der Waals surface area contributed by atoms with Crippen molar-refractivity contribution in [2.45, 2.75) is 264 Å². The van der Waals surface area contributed by atoms with Crippen LogP contribution in [0.3, 0.4) is 0 Å². The molecule has 0 saturated heterocycles.